The summed E-state index contributed by atoms with van der Waals surface area (Å²) in [5.41, 5.74) is 0.714. The fourth-order valence-corrected chi connectivity index (χ4v) is 1.29. The Kier molecular flexibility index (Phi) is 3.88. The maximum absolute atomic E-state index is 10.4. The largest absolute Gasteiger partial charge is 0.493 e. The summed E-state index contributed by atoms with van der Waals surface area (Å²) in [7, 11) is 3.05. The van der Waals surface area contributed by atoms with Crippen molar-refractivity contribution in [2.45, 2.75) is 6.42 Å². The number of nitro groups is 1. The molecule has 0 fully saturated rings. The highest BCUT2D eigenvalue weighted by molar-refractivity contribution is 5.43. The van der Waals surface area contributed by atoms with Crippen LogP contribution in [-0.4, -0.2) is 19.1 Å². The molecule has 0 heterocycles. The van der Waals surface area contributed by atoms with Crippen molar-refractivity contribution in [1.29, 1.82) is 0 Å². The van der Waals surface area contributed by atoms with Crippen molar-refractivity contribution >= 4 is 0 Å². The third-order valence-corrected chi connectivity index (χ3v) is 2.11. The first-order valence-corrected chi connectivity index (χ1v) is 4.61. The quantitative estimate of drug-likeness (QED) is 0.566. The molecule has 0 aliphatic rings. The highest BCUT2D eigenvalue weighted by Crippen LogP contribution is 2.28. The Hall–Kier alpha value is -2.04. The van der Waals surface area contributed by atoms with E-state index in [2.05, 4.69) is 6.58 Å². The average molecular weight is 223 g/mol. The van der Waals surface area contributed by atoms with Crippen molar-refractivity contribution in [3.05, 3.63) is 46.2 Å². The van der Waals surface area contributed by atoms with E-state index in [0.29, 0.717) is 11.5 Å². The lowest BCUT2D eigenvalue weighted by atomic mass is 10.1. The number of nitrogens with zero attached hydrogens (tertiary/aromatic N) is 1. The predicted molar refractivity (Wildman–Crippen MR) is 59.4 cm³/mol. The molecule has 1 aromatic rings. The third-order valence-electron chi connectivity index (χ3n) is 2.11. The molecule has 86 valence electrons. The van der Waals surface area contributed by atoms with Gasteiger partial charge in [-0.1, -0.05) is 6.07 Å². The number of hydrogen-bond acceptors (Lipinski definition) is 4. The van der Waals surface area contributed by atoms with Gasteiger partial charge < -0.3 is 9.47 Å². The fraction of sp³-hybridized carbons (Fsp3) is 0.273. The van der Waals surface area contributed by atoms with Crippen molar-refractivity contribution in [2.75, 3.05) is 14.2 Å². The van der Waals surface area contributed by atoms with Crippen LogP contribution in [0.4, 0.5) is 0 Å². The van der Waals surface area contributed by atoms with E-state index >= 15 is 0 Å². The lowest BCUT2D eigenvalue weighted by Crippen LogP contribution is -2.01. The maximum atomic E-state index is 10.4. The Morgan fingerprint density at radius 1 is 1.38 bits per heavy atom. The summed E-state index contributed by atoms with van der Waals surface area (Å²) in [6, 6.07) is 5.16. The number of hydrogen-bond donors (Lipinski definition) is 0. The van der Waals surface area contributed by atoms with Gasteiger partial charge in [-0.2, -0.15) is 0 Å². The molecule has 0 atom stereocenters. The smallest absolute Gasteiger partial charge is 0.243 e. The van der Waals surface area contributed by atoms with Crippen LogP contribution >= 0.6 is 0 Å². The van der Waals surface area contributed by atoms with Gasteiger partial charge in [0.1, 0.15) is 0 Å². The second kappa shape index (κ2) is 5.16. The fourth-order valence-electron chi connectivity index (χ4n) is 1.29. The van der Waals surface area contributed by atoms with Crippen LogP contribution in [0.1, 0.15) is 5.56 Å². The molecule has 0 saturated carbocycles. The average Bonchev–Trinajstić information content (AvgIpc) is 2.28. The van der Waals surface area contributed by atoms with Crippen LogP contribution in [0.3, 0.4) is 0 Å². The number of allylic oxidation sites excluding steroid dienone is 1. The normalized spacial score (nSPS) is 9.62. The molecule has 0 aliphatic carbocycles. The topological polar surface area (TPSA) is 61.6 Å². The van der Waals surface area contributed by atoms with Crippen LogP contribution in [-0.2, 0) is 6.42 Å². The summed E-state index contributed by atoms with van der Waals surface area (Å²) in [5, 5.41) is 10.4. The van der Waals surface area contributed by atoms with Gasteiger partial charge in [-0.05, 0) is 24.3 Å². The minimum absolute atomic E-state index is 0.0489. The summed E-state index contributed by atoms with van der Waals surface area (Å²) in [5.74, 6) is 1.15. The van der Waals surface area contributed by atoms with Gasteiger partial charge in [-0.25, -0.2) is 0 Å². The molecular formula is C11H13NO4. The summed E-state index contributed by atoms with van der Waals surface area (Å²) >= 11 is 0. The molecule has 1 aromatic carbocycles. The van der Waals surface area contributed by atoms with Crippen molar-refractivity contribution in [1.82, 2.24) is 0 Å². The van der Waals surface area contributed by atoms with E-state index in [-0.39, 0.29) is 12.1 Å². The first kappa shape index (κ1) is 12.0. The summed E-state index contributed by atoms with van der Waals surface area (Å²) in [6.45, 7) is 3.38. The van der Waals surface area contributed by atoms with E-state index in [1.807, 2.05) is 0 Å². The Labute approximate surface area is 93.4 Å². The lowest BCUT2D eigenvalue weighted by Gasteiger charge is -2.08. The van der Waals surface area contributed by atoms with Crippen LogP contribution in [0.2, 0.25) is 0 Å². The number of ether oxygens (including phenoxy) is 2. The zero-order chi connectivity index (χ0) is 12.1. The Morgan fingerprint density at radius 2 is 2.00 bits per heavy atom. The molecule has 5 heteroatoms. The Morgan fingerprint density at radius 3 is 2.50 bits per heavy atom. The number of rotatable bonds is 5. The van der Waals surface area contributed by atoms with Crippen LogP contribution in [0.25, 0.3) is 0 Å². The van der Waals surface area contributed by atoms with Gasteiger partial charge >= 0.3 is 0 Å². The Bertz CT molecular complexity index is 414. The van der Waals surface area contributed by atoms with Gasteiger partial charge in [0.05, 0.1) is 25.6 Å². The molecule has 5 nitrogen and oxygen atoms in total. The molecule has 0 unspecified atom stereocenters. The SMILES string of the molecule is C=C(Cc1ccc(OC)c(OC)c1)[N+](=O)[O-]. The van der Waals surface area contributed by atoms with Gasteiger partial charge in [0.25, 0.3) is 0 Å². The van der Waals surface area contributed by atoms with E-state index in [1.54, 1.807) is 18.2 Å². The Balaban J connectivity index is 2.91. The van der Waals surface area contributed by atoms with E-state index in [9.17, 15) is 10.1 Å². The van der Waals surface area contributed by atoms with Gasteiger partial charge in [-0.15, -0.1) is 0 Å². The van der Waals surface area contributed by atoms with E-state index < -0.39 is 4.92 Å². The molecule has 0 amide bonds. The van der Waals surface area contributed by atoms with E-state index in [1.165, 1.54) is 14.2 Å². The second-order valence-electron chi connectivity index (χ2n) is 3.19. The second-order valence-corrected chi connectivity index (χ2v) is 3.19. The molecule has 0 N–H and O–H groups in total. The first-order valence-electron chi connectivity index (χ1n) is 4.61. The van der Waals surface area contributed by atoms with E-state index in [4.69, 9.17) is 9.47 Å². The number of methoxy groups -OCH3 is 2. The van der Waals surface area contributed by atoms with Crippen LogP contribution in [0, 0.1) is 10.1 Å². The molecule has 0 radical (unpaired) electrons. The molecule has 0 aliphatic heterocycles. The highest BCUT2D eigenvalue weighted by Gasteiger charge is 2.10. The molecule has 0 aromatic heterocycles. The number of benzene rings is 1. The minimum Gasteiger partial charge on any atom is -0.493 e. The highest BCUT2D eigenvalue weighted by atomic mass is 16.6. The van der Waals surface area contributed by atoms with Crippen molar-refractivity contribution in [2.24, 2.45) is 0 Å². The molecule has 0 bridgehead atoms. The zero-order valence-corrected chi connectivity index (χ0v) is 9.23. The summed E-state index contributed by atoms with van der Waals surface area (Å²) in [6.07, 6.45) is 0.188. The summed E-state index contributed by atoms with van der Waals surface area (Å²) < 4.78 is 10.2. The van der Waals surface area contributed by atoms with E-state index in [0.717, 1.165) is 5.56 Å². The van der Waals surface area contributed by atoms with Gasteiger partial charge in [0.15, 0.2) is 11.5 Å². The van der Waals surface area contributed by atoms with Crippen molar-refractivity contribution < 1.29 is 14.4 Å². The zero-order valence-electron chi connectivity index (χ0n) is 9.23. The standard InChI is InChI=1S/C11H13NO4/c1-8(12(13)14)6-9-4-5-10(15-2)11(7-9)16-3/h4-5,7H,1,6H2,2-3H3. The predicted octanol–water partition coefficient (Wildman–Crippen LogP) is 2.04. The van der Waals surface area contributed by atoms with Gasteiger partial charge in [0, 0.05) is 0 Å². The van der Waals surface area contributed by atoms with Crippen molar-refractivity contribution in [3.63, 3.8) is 0 Å². The lowest BCUT2D eigenvalue weighted by molar-refractivity contribution is -0.426. The monoisotopic (exact) mass is 223 g/mol. The molecule has 16 heavy (non-hydrogen) atoms. The van der Waals surface area contributed by atoms with Crippen LogP contribution in [0.5, 0.6) is 11.5 Å². The van der Waals surface area contributed by atoms with Gasteiger partial charge in [-0.3, -0.25) is 10.1 Å². The first-order chi connectivity index (χ1) is 7.58. The molecule has 0 spiro atoms. The molecule has 1 rings (SSSR count). The summed E-state index contributed by atoms with van der Waals surface area (Å²) in [4.78, 5) is 9.94. The molecule has 0 saturated heterocycles. The van der Waals surface area contributed by atoms with Crippen LogP contribution < -0.4 is 9.47 Å². The molecular weight excluding hydrogens is 210 g/mol. The third kappa shape index (κ3) is 2.73. The van der Waals surface area contributed by atoms with Gasteiger partial charge in [0.2, 0.25) is 5.70 Å². The maximum Gasteiger partial charge on any atom is 0.243 e. The van der Waals surface area contributed by atoms with Crippen LogP contribution in [0.15, 0.2) is 30.5 Å². The van der Waals surface area contributed by atoms with Crippen molar-refractivity contribution in [3.8, 4) is 11.5 Å². The minimum atomic E-state index is -0.489.